The van der Waals surface area contributed by atoms with Gasteiger partial charge >= 0.3 is 0 Å². The second kappa shape index (κ2) is 10.9. The molecule has 0 aromatic carbocycles. The molecule has 0 aliphatic rings. The van der Waals surface area contributed by atoms with E-state index in [0.29, 0.717) is 6.54 Å². The zero-order valence-electron chi connectivity index (χ0n) is 10.8. The van der Waals surface area contributed by atoms with Crippen molar-refractivity contribution in [1.82, 2.24) is 10.2 Å². The normalized spacial score (nSPS) is 10.8. The molecule has 0 fully saturated rings. The van der Waals surface area contributed by atoms with Gasteiger partial charge in [-0.2, -0.15) is 0 Å². The number of nitrogens with one attached hydrogen (secondary N) is 1. The minimum absolute atomic E-state index is 0.134. The van der Waals surface area contributed by atoms with Crippen molar-refractivity contribution in [2.75, 3.05) is 33.2 Å². The van der Waals surface area contributed by atoms with Crippen molar-refractivity contribution < 1.29 is 4.79 Å². The fourth-order valence-electron chi connectivity index (χ4n) is 1.49. The highest BCUT2D eigenvalue weighted by Gasteiger charge is 2.04. The van der Waals surface area contributed by atoms with Crippen LogP contribution in [0.25, 0.3) is 0 Å². The molecule has 0 aromatic heterocycles. The lowest BCUT2D eigenvalue weighted by Gasteiger charge is -2.15. The highest BCUT2D eigenvalue weighted by molar-refractivity contribution is 5.77. The van der Waals surface area contributed by atoms with E-state index in [4.69, 9.17) is 5.73 Å². The Balaban J connectivity index is 3.39. The van der Waals surface area contributed by atoms with Crippen LogP contribution in [0.5, 0.6) is 0 Å². The number of unbranched alkanes of at least 4 members (excludes halogenated alkanes) is 3. The first kappa shape index (κ1) is 15.4. The lowest BCUT2D eigenvalue weighted by Crippen LogP contribution is -2.36. The summed E-state index contributed by atoms with van der Waals surface area (Å²) < 4.78 is 0. The zero-order chi connectivity index (χ0) is 12.2. The Bertz CT molecular complexity index is 174. The summed E-state index contributed by atoms with van der Waals surface area (Å²) in [6, 6.07) is 0. The van der Waals surface area contributed by atoms with E-state index in [-0.39, 0.29) is 5.91 Å². The van der Waals surface area contributed by atoms with Gasteiger partial charge in [0.15, 0.2) is 0 Å². The molecular formula is C12H27N3O. The Kier molecular flexibility index (Phi) is 10.5. The minimum Gasteiger partial charge on any atom is -0.355 e. The quantitative estimate of drug-likeness (QED) is 0.549. The van der Waals surface area contributed by atoms with Crippen molar-refractivity contribution in [1.29, 1.82) is 0 Å². The summed E-state index contributed by atoms with van der Waals surface area (Å²) in [7, 11) is 1.99. The average Bonchev–Trinajstić information content (AvgIpc) is 2.25. The van der Waals surface area contributed by atoms with E-state index in [0.717, 1.165) is 51.7 Å². The van der Waals surface area contributed by atoms with Gasteiger partial charge < -0.3 is 11.1 Å². The summed E-state index contributed by atoms with van der Waals surface area (Å²) in [5, 5.41) is 2.92. The molecule has 0 radical (unpaired) electrons. The predicted octanol–water partition coefficient (Wildman–Crippen LogP) is 0.964. The van der Waals surface area contributed by atoms with Gasteiger partial charge in [0.05, 0.1) is 6.54 Å². The SMILES string of the molecule is CCCCNC(=O)CN(C)CCCCCN. The van der Waals surface area contributed by atoms with Crippen LogP contribution in [0.1, 0.15) is 39.0 Å². The third-order valence-corrected chi connectivity index (χ3v) is 2.51. The minimum atomic E-state index is 0.134. The first-order valence-electron chi connectivity index (χ1n) is 6.36. The van der Waals surface area contributed by atoms with Crippen molar-refractivity contribution >= 4 is 5.91 Å². The Morgan fingerprint density at radius 1 is 1.25 bits per heavy atom. The van der Waals surface area contributed by atoms with Gasteiger partial charge in [0.1, 0.15) is 0 Å². The highest BCUT2D eigenvalue weighted by atomic mass is 16.1. The molecular weight excluding hydrogens is 202 g/mol. The molecule has 0 unspecified atom stereocenters. The molecule has 0 aliphatic heterocycles. The number of rotatable bonds is 10. The molecule has 4 nitrogen and oxygen atoms in total. The standard InChI is InChI=1S/C12H27N3O/c1-3-4-9-14-12(16)11-15(2)10-7-5-6-8-13/h3-11,13H2,1-2H3,(H,14,16). The largest absolute Gasteiger partial charge is 0.355 e. The maximum Gasteiger partial charge on any atom is 0.234 e. The van der Waals surface area contributed by atoms with Gasteiger partial charge in [0, 0.05) is 6.54 Å². The second-order valence-corrected chi connectivity index (χ2v) is 4.29. The third kappa shape index (κ3) is 9.93. The maximum atomic E-state index is 11.4. The van der Waals surface area contributed by atoms with E-state index in [1.165, 1.54) is 0 Å². The predicted molar refractivity (Wildman–Crippen MR) is 68.3 cm³/mol. The first-order chi connectivity index (χ1) is 7.70. The van der Waals surface area contributed by atoms with Gasteiger partial charge in [0.2, 0.25) is 5.91 Å². The molecule has 0 spiro atoms. The van der Waals surface area contributed by atoms with Crippen LogP contribution in [0.2, 0.25) is 0 Å². The Morgan fingerprint density at radius 3 is 2.62 bits per heavy atom. The molecule has 0 atom stereocenters. The van der Waals surface area contributed by atoms with Gasteiger partial charge in [-0.3, -0.25) is 9.69 Å². The highest BCUT2D eigenvalue weighted by Crippen LogP contribution is 1.95. The first-order valence-corrected chi connectivity index (χ1v) is 6.36. The number of hydrogen-bond donors (Lipinski definition) is 2. The number of nitrogens with zero attached hydrogens (tertiary/aromatic N) is 1. The number of hydrogen-bond acceptors (Lipinski definition) is 3. The topological polar surface area (TPSA) is 58.4 Å². The number of carbonyl (C=O) groups excluding carboxylic acids is 1. The number of likely N-dealkylation sites (N-methyl/N-ethyl adjacent to an activating group) is 1. The summed E-state index contributed by atoms with van der Waals surface area (Å²) in [5.74, 6) is 0.134. The summed E-state index contributed by atoms with van der Waals surface area (Å²) in [6.07, 6.45) is 5.53. The van der Waals surface area contributed by atoms with Crippen LogP contribution in [-0.2, 0) is 4.79 Å². The summed E-state index contributed by atoms with van der Waals surface area (Å²) >= 11 is 0. The monoisotopic (exact) mass is 229 g/mol. The van der Waals surface area contributed by atoms with Crippen LogP contribution in [0, 0.1) is 0 Å². The van der Waals surface area contributed by atoms with Crippen LogP contribution in [-0.4, -0.2) is 44.0 Å². The molecule has 0 bridgehead atoms. The fourth-order valence-corrected chi connectivity index (χ4v) is 1.49. The molecule has 0 aliphatic carbocycles. The lowest BCUT2D eigenvalue weighted by atomic mass is 10.2. The van der Waals surface area contributed by atoms with E-state index in [1.807, 2.05) is 7.05 Å². The molecule has 3 N–H and O–H groups in total. The van der Waals surface area contributed by atoms with Gasteiger partial charge in [-0.25, -0.2) is 0 Å². The molecule has 0 saturated heterocycles. The van der Waals surface area contributed by atoms with Gasteiger partial charge in [-0.1, -0.05) is 19.8 Å². The van der Waals surface area contributed by atoms with Crippen molar-refractivity contribution in [3.8, 4) is 0 Å². The van der Waals surface area contributed by atoms with E-state index >= 15 is 0 Å². The van der Waals surface area contributed by atoms with E-state index < -0.39 is 0 Å². The smallest absolute Gasteiger partial charge is 0.234 e. The molecule has 96 valence electrons. The average molecular weight is 229 g/mol. The van der Waals surface area contributed by atoms with Gasteiger partial charge in [0.25, 0.3) is 0 Å². The van der Waals surface area contributed by atoms with Crippen molar-refractivity contribution in [2.45, 2.75) is 39.0 Å². The van der Waals surface area contributed by atoms with Crippen molar-refractivity contribution in [3.63, 3.8) is 0 Å². The van der Waals surface area contributed by atoms with Crippen LogP contribution < -0.4 is 11.1 Å². The second-order valence-electron chi connectivity index (χ2n) is 4.29. The van der Waals surface area contributed by atoms with Crippen LogP contribution in [0.3, 0.4) is 0 Å². The Morgan fingerprint density at radius 2 is 2.00 bits per heavy atom. The fraction of sp³-hybridized carbons (Fsp3) is 0.917. The van der Waals surface area contributed by atoms with Crippen LogP contribution in [0.4, 0.5) is 0 Å². The maximum absolute atomic E-state index is 11.4. The molecule has 0 aromatic rings. The number of amides is 1. The van der Waals surface area contributed by atoms with Gasteiger partial charge in [-0.15, -0.1) is 0 Å². The van der Waals surface area contributed by atoms with E-state index in [1.54, 1.807) is 0 Å². The summed E-state index contributed by atoms with van der Waals surface area (Å²) in [4.78, 5) is 13.5. The Hall–Kier alpha value is -0.610. The molecule has 0 rings (SSSR count). The molecule has 1 amide bonds. The van der Waals surface area contributed by atoms with E-state index in [9.17, 15) is 4.79 Å². The van der Waals surface area contributed by atoms with Crippen LogP contribution >= 0.6 is 0 Å². The number of nitrogens with two attached hydrogens (primary N) is 1. The molecule has 0 saturated carbocycles. The summed E-state index contributed by atoms with van der Waals surface area (Å²) in [6.45, 7) is 5.17. The lowest BCUT2D eigenvalue weighted by molar-refractivity contribution is -0.121. The van der Waals surface area contributed by atoms with Crippen molar-refractivity contribution in [2.24, 2.45) is 5.73 Å². The van der Waals surface area contributed by atoms with Crippen LogP contribution in [0.15, 0.2) is 0 Å². The molecule has 0 heterocycles. The molecule has 16 heavy (non-hydrogen) atoms. The van der Waals surface area contributed by atoms with Gasteiger partial charge in [-0.05, 0) is 39.4 Å². The van der Waals surface area contributed by atoms with Crippen molar-refractivity contribution in [3.05, 3.63) is 0 Å². The number of carbonyl (C=O) groups is 1. The Labute approximate surface area is 99.6 Å². The van der Waals surface area contributed by atoms with E-state index in [2.05, 4.69) is 17.1 Å². The summed E-state index contributed by atoms with van der Waals surface area (Å²) in [5.41, 5.74) is 5.42. The third-order valence-electron chi connectivity index (χ3n) is 2.51. The zero-order valence-corrected chi connectivity index (χ0v) is 10.8. The molecule has 4 heteroatoms.